The molecule has 0 N–H and O–H groups in total. The molecule has 72 valence electrons. The summed E-state index contributed by atoms with van der Waals surface area (Å²) in [6.45, 7) is 10.3. The van der Waals surface area contributed by atoms with Gasteiger partial charge in [-0.3, -0.25) is 0 Å². The van der Waals surface area contributed by atoms with Crippen LogP contribution in [0.25, 0.3) is 0 Å². The van der Waals surface area contributed by atoms with Gasteiger partial charge in [0.15, 0.2) is 0 Å². The van der Waals surface area contributed by atoms with E-state index in [4.69, 9.17) is 0 Å². The highest BCUT2D eigenvalue weighted by Gasteiger charge is 1.99. The molecule has 0 aliphatic carbocycles. The lowest BCUT2D eigenvalue weighted by atomic mass is 10.3. The summed E-state index contributed by atoms with van der Waals surface area (Å²) in [5, 5.41) is 0. The Balaban J connectivity index is 3.47. The average molecular weight is 169 g/mol. The van der Waals surface area contributed by atoms with E-state index < -0.39 is 0 Å². The first-order valence-electron chi connectivity index (χ1n) is 5.18. The predicted octanol–water partition coefficient (Wildman–Crippen LogP) is 3.07. The first-order valence-corrected chi connectivity index (χ1v) is 5.18. The van der Waals surface area contributed by atoms with E-state index in [1.54, 1.807) is 0 Å². The van der Waals surface area contributed by atoms with Crippen molar-refractivity contribution in [3.05, 3.63) is 12.2 Å². The molecule has 0 amide bonds. The van der Waals surface area contributed by atoms with Crippen LogP contribution in [0.2, 0.25) is 0 Å². The van der Waals surface area contributed by atoms with Crippen LogP contribution in [0.15, 0.2) is 12.2 Å². The van der Waals surface area contributed by atoms with E-state index in [9.17, 15) is 0 Å². The maximum atomic E-state index is 2.54. The molecular weight excluding hydrogens is 146 g/mol. The molecule has 0 radical (unpaired) electrons. The molecule has 0 bridgehead atoms. The highest BCUT2D eigenvalue weighted by Crippen LogP contribution is 1.96. The third kappa shape index (κ3) is 6.41. The van der Waals surface area contributed by atoms with Gasteiger partial charge in [0.1, 0.15) is 0 Å². The van der Waals surface area contributed by atoms with Crippen molar-refractivity contribution in [1.82, 2.24) is 4.90 Å². The van der Waals surface area contributed by atoms with Gasteiger partial charge in [-0.05, 0) is 39.3 Å². The summed E-state index contributed by atoms with van der Waals surface area (Å²) in [5.41, 5.74) is 0. The molecule has 0 spiro atoms. The van der Waals surface area contributed by atoms with Crippen LogP contribution < -0.4 is 0 Å². The van der Waals surface area contributed by atoms with Crippen LogP contribution in [0.5, 0.6) is 0 Å². The highest BCUT2D eigenvalue weighted by molar-refractivity contribution is 4.78. The van der Waals surface area contributed by atoms with Gasteiger partial charge < -0.3 is 4.90 Å². The monoisotopic (exact) mass is 169 g/mol. The molecule has 0 aliphatic rings. The normalized spacial score (nSPS) is 11.7. The fraction of sp³-hybridized carbons (Fsp3) is 0.818. The molecular formula is C11H23N. The third-order valence-electron chi connectivity index (χ3n) is 1.93. The molecule has 0 saturated carbocycles. The Morgan fingerprint density at radius 3 is 2.00 bits per heavy atom. The fourth-order valence-electron chi connectivity index (χ4n) is 1.39. The molecule has 0 aromatic rings. The topological polar surface area (TPSA) is 3.24 Å². The minimum Gasteiger partial charge on any atom is -0.303 e. The lowest BCUT2D eigenvalue weighted by Gasteiger charge is -2.19. The molecule has 0 saturated heterocycles. The van der Waals surface area contributed by atoms with E-state index in [1.165, 1.54) is 38.9 Å². The Kier molecular flexibility index (Phi) is 8.57. The van der Waals surface area contributed by atoms with Crippen molar-refractivity contribution < 1.29 is 0 Å². The zero-order valence-corrected chi connectivity index (χ0v) is 8.84. The molecule has 1 nitrogen and oxygen atoms in total. The van der Waals surface area contributed by atoms with E-state index in [-0.39, 0.29) is 0 Å². The first-order chi connectivity index (χ1) is 5.85. The van der Waals surface area contributed by atoms with E-state index >= 15 is 0 Å². The van der Waals surface area contributed by atoms with E-state index in [2.05, 4.69) is 37.8 Å². The zero-order chi connectivity index (χ0) is 9.23. The van der Waals surface area contributed by atoms with Gasteiger partial charge in [0.25, 0.3) is 0 Å². The lowest BCUT2D eigenvalue weighted by Crippen LogP contribution is -2.26. The van der Waals surface area contributed by atoms with E-state index in [0.29, 0.717) is 0 Å². The maximum Gasteiger partial charge on any atom is 0.00159 e. The van der Waals surface area contributed by atoms with Gasteiger partial charge in [-0.25, -0.2) is 0 Å². The van der Waals surface area contributed by atoms with Gasteiger partial charge >= 0.3 is 0 Å². The second-order valence-electron chi connectivity index (χ2n) is 3.20. The SMILES string of the molecule is C/C=C/CCN(CCC)CCC. The van der Waals surface area contributed by atoms with Crippen LogP contribution in [-0.2, 0) is 0 Å². The molecule has 1 heteroatoms. The second-order valence-corrected chi connectivity index (χ2v) is 3.20. The van der Waals surface area contributed by atoms with Crippen LogP contribution in [0.1, 0.15) is 40.0 Å². The van der Waals surface area contributed by atoms with Gasteiger partial charge in [0.05, 0.1) is 0 Å². The van der Waals surface area contributed by atoms with Crippen molar-refractivity contribution >= 4 is 0 Å². The largest absolute Gasteiger partial charge is 0.303 e. The van der Waals surface area contributed by atoms with Gasteiger partial charge in [0.2, 0.25) is 0 Å². The molecule has 0 aromatic carbocycles. The molecule has 0 rings (SSSR count). The van der Waals surface area contributed by atoms with Gasteiger partial charge in [0, 0.05) is 6.54 Å². The Labute approximate surface area is 77.5 Å². The lowest BCUT2D eigenvalue weighted by molar-refractivity contribution is 0.280. The quantitative estimate of drug-likeness (QED) is 0.529. The van der Waals surface area contributed by atoms with Gasteiger partial charge in [-0.15, -0.1) is 0 Å². The predicted molar refractivity (Wildman–Crippen MR) is 56.5 cm³/mol. The zero-order valence-electron chi connectivity index (χ0n) is 8.84. The van der Waals surface area contributed by atoms with Crippen molar-refractivity contribution in [3.63, 3.8) is 0 Å². The number of hydrogen-bond acceptors (Lipinski definition) is 1. The smallest absolute Gasteiger partial charge is 0.00159 e. The minimum atomic E-state index is 1.20. The van der Waals surface area contributed by atoms with Crippen LogP contribution in [0.3, 0.4) is 0 Å². The molecule has 0 atom stereocenters. The third-order valence-corrected chi connectivity index (χ3v) is 1.93. The molecule has 0 fully saturated rings. The summed E-state index contributed by atoms with van der Waals surface area (Å²) in [5.74, 6) is 0. The Hall–Kier alpha value is -0.300. The van der Waals surface area contributed by atoms with Crippen LogP contribution >= 0.6 is 0 Å². The molecule has 12 heavy (non-hydrogen) atoms. The summed E-state index contributed by atoms with van der Waals surface area (Å²) >= 11 is 0. The van der Waals surface area contributed by atoms with Crippen molar-refractivity contribution in [2.45, 2.75) is 40.0 Å². The van der Waals surface area contributed by atoms with Crippen LogP contribution in [0, 0.1) is 0 Å². The van der Waals surface area contributed by atoms with Crippen molar-refractivity contribution in [3.8, 4) is 0 Å². The van der Waals surface area contributed by atoms with Crippen LogP contribution in [-0.4, -0.2) is 24.5 Å². The Morgan fingerprint density at radius 2 is 1.58 bits per heavy atom. The molecule has 0 aliphatic heterocycles. The first kappa shape index (κ1) is 11.7. The van der Waals surface area contributed by atoms with E-state index in [0.717, 1.165) is 0 Å². The summed E-state index contributed by atoms with van der Waals surface area (Å²) < 4.78 is 0. The van der Waals surface area contributed by atoms with Crippen molar-refractivity contribution in [2.75, 3.05) is 19.6 Å². The Bertz CT molecular complexity index is 102. The molecule has 0 aromatic heterocycles. The van der Waals surface area contributed by atoms with Crippen molar-refractivity contribution in [1.29, 1.82) is 0 Å². The molecule has 0 heterocycles. The maximum absolute atomic E-state index is 2.54. The Morgan fingerprint density at radius 1 is 1.00 bits per heavy atom. The number of hydrogen-bond donors (Lipinski definition) is 0. The average Bonchev–Trinajstić information content (AvgIpc) is 2.06. The minimum absolute atomic E-state index is 1.20. The summed E-state index contributed by atoms with van der Waals surface area (Å²) in [6.07, 6.45) is 8.14. The van der Waals surface area contributed by atoms with Crippen molar-refractivity contribution in [2.24, 2.45) is 0 Å². The second kappa shape index (κ2) is 8.79. The van der Waals surface area contributed by atoms with Crippen LogP contribution in [0.4, 0.5) is 0 Å². The van der Waals surface area contributed by atoms with Gasteiger partial charge in [-0.1, -0.05) is 26.0 Å². The summed E-state index contributed by atoms with van der Waals surface area (Å²) in [7, 11) is 0. The number of nitrogens with zero attached hydrogens (tertiary/aromatic N) is 1. The van der Waals surface area contributed by atoms with E-state index in [1.807, 2.05) is 0 Å². The highest BCUT2D eigenvalue weighted by atomic mass is 15.1. The standard InChI is InChI=1S/C11H23N/c1-4-7-8-11-12(9-5-2)10-6-3/h4,7H,5-6,8-11H2,1-3H3/b7-4+. The molecule has 0 unspecified atom stereocenters. The number of rotatable bonds is 7. The fourth-order valence-corrected chi connectivity index (χ4v) is 1.39. The summed E-state index contributed by atoms with van der Waals surface area (Å²) in [6, 6.07) is 0. The summed E-state index contributed by atoms with van der Waals surface area (Å²) in [4.78, 5) is 2.54. The van der Waals surface area contributed by atoms with Gasteiger partial charge in [-0.2, -0.15) is 0 Å². The number of allylic oxidation sites excluding steroid dienone is 1.